The molecule has 2 N–H and O–H groups in total. The molecule has 1 aliphatic carbocycles. The van der Waals surface area contributed by atoms with E-state index in [9.17, 15) is 9.59 Å². The van der Waals surface area contributed by atoms with Gasteiger partial charge in [0.25, 0.3) is 0 Å². The second-order valence-electron chi connectivity index (χ2n) is 6.30. The van der Waals surface area contributed by atoms with Crippen LogP contribution in [0.4, 0.5) is 4.79 Å². The zero-order valence-electron chi connectivity index (χ0n) is 13.9. The first-order chi connectivity index (χ1) is 11.7. The van der Waals surface area contributed by atoms with Gasteiger partial charge < -0.3 is 20.1 Å². The Balaban J connectivity index is 1.51. The number of ether oxygens (including phenoxy) is 2. The SMILES string of the molecule is CCOC(=O)[C@@H]1CC[C@H](NC(=O)NC2CCOc3ccccc32)C1. The highest BCUT2D eigenvalue weighted by molar-refractivity contribution is 5.76. The van der Waals surface area contributed by atoms with Gasteiger partial charge in [-0.3, -0.25) is 4.79 Å². The number of para-hydroxylation sites is 1. The van der Waals surface area contributed by atoms with E-state index >= 15 is 0 Å². The van der Waals surface area contributed by atoms with Gasteiger partial charge in [0.05, 0.1) is 25.2 Å². The summed E-state index contributed by atoms with van der Waals surface area (Å²) in [4.78, 5) is 24.1. The summed E-state index contributed by atoms with van der Waals surface area (Å²) in [5, 5.41) is 6.01. The maximum Gasteiger partial charge on any atom is 0.315 e. The largest absolute Gasteiger partial charge is 0.493 e. The second kappa shape index (κ2) is 7.55. The van der Waals surface area contributed by atoms with Gasteiger partial charge in [0.1, 0.15) is 5.75 Å². The fourth-order valence-corrected chi connectivity index (χ4v) is 3.46. The van der Waals surface area contributed by atoms with Gasteiger partial charge in [-0.05, 0) is 32.3 Å². The quantitative estimate of drug-likeness (QED) is 0.831. The van der Waals surface area contributed by atoms with Crippen LogP contribution in [0.15, 0.2) is 24.3 Å². The Hall–Kier alpha value is -2.24. The van der Waals surface area contributed by atoms with Gasteiger partial charge in [-0.25, -0.2) is 4.79 Å². The molecule has 1 unspecified atom stereocenters. The number of fused-ring (bicyclic) bond motifs is 1. The molecule has 6 heteroatoms. The fourth-order valence-electron chi connectivity index (χ4n) is 3.46. The Morgan fingerprint density at radius 1 is 1.21 bits per heavy atom. The maximum absolute atomic E-state index is 12.3. The van der Waals surface area contributed by atoms with Gasteiger partial charge in [0, 0.05) is 18.0 Å². The topological polar surface area (TPSA) is 76.7 Å². The minimum atomic E-state index is -0.189. The highest BCUT2D eigenvalue weighted by Gasteiger charge is 2.32. The Morgan fingerprint density at radius 2 is 2.04 bits per heavy atom. The normalized spacial score (nSPS) is 25.3. The number of benzene rings is 1. The average molecular weight is 332 g/mol. The molecule has 1 heterocycles. The number of carbonyl (C=O) groups is 2. The molecule has 6 nitrogen and oxygen atoms in total. The lowest BCUT2D eigenvalue weighted by Crippen LogP contribution is -2.43. The molecule has 130 valence electrons. The second-order valence-corrected chi connectivity index (χ2v) is 6.30. The molecular weight excluding hydrogens is 308 g/mol. The van der Waals surface area contributed by atoms with Crippen molar-refractivity contribution < 1.29 is 19.1 Å². The first-order valence-electron chi connectivity index (χ1n) is 8.62. The van der Waals surface area contributed by atoms with Gasteiger partial charge in [0.15, 0.2) is 0 Å². The lowest BCUT2D eigenvalue weighted by Gasteiger charge is -2.27. The monoisotopic (exact) mass is 332 g/mol. The number of urea groups is 1. The molecule has 0 saturated heterocycles. The van der Waals surface area contributed by atoms with E-state index in [1.165, 1.54) is 0 Å². The number of rotatable bonds is 4. The molecule has 3 rings (SSSR count). The number of amides is 2. The van der Waals surface area contributed by atoms with Crippen LogP contribution >= 0.6 is 0 Å². The van der Waals surface area contributed by atoms with Gasteiger partial charge >= 0.3 is 12.0 Å². The zero-order valence-corrected chi connectivity index (χ0v) is 13.9. The van der Waals surface area contributed by atoms with Crippen molar-refractivity contribution in [2.75, 3.05) is 13.2 Å². The van der Waals surface area contributed by atoms with Crippen molar-refractivity contribution in [3.8, 4) is 5.75 Å². The molecular formula is C18H24N2O4. The first-order valence-corrected chi connectivity index (χ1v) is 8.62. The van der Waals surface area contributed by atoms with Crippen molar-refractivity contribution in [1.82, 2.24) is 10.6 Å². The van der Waals surface area contributed by atoms with E-state index in [-0.39, 0.29) is 30.0 Å². The molecule has 1 fully saturated rings. The third-order valence-electron chi connectivity index (χ3n) is 4.65. The van der Waals surface area contributed by atoms with Crippen LogP contribution in [-0.2, 0) is 9.53 Å². The summed E-state index contributed by atoms with van der Waals surface area (Å²) in [5.74, 6) is 0.580. The van der Waals surface area contributed by atoms with Crippen LogP contribution in [0.1, 0.15) is 44.2 Å². The highest BCUT2D eigenvalue weighted by Crippen LogP contribution is 2.31. The number of esters is 1. The zero-order chi connectivity index (χ0) is 16.9. The minimum absolute atomic E-state index is 0.0227. The van der Waals surface area contributed by atoms with Crippen molar-refractivity contribution in [1.29, 1.82) is 0 Å². The highest BCUT2D eigenvalue weighted by atomic mass is 16.5. The van der Waals surface area contributed by atoms with Crippen molar-refractivity contribution >= 4 is 12.0 Å². The Kier molecular flexibility index (Phi) is 5.23. The van der Waals surface area contributed by atoms with Crippen molar-refractivity contribution in [2.24, 2.45) is 5.92 Å². The predicted molar refractivity (Wildman–Crippen MR) is 88.7 cm³/mol. The van der Waals surface area contributed by atoms with E-state index in [0.29, 0.717) is 19.6 Å². The summed E-state index contributed by atoms with van der Waals surface area (Å²) < 4.78 is 10.7. The molecule has 0 spiro atoms. The van der Waals surface area contributed by atoms with Gasteiger partial charge in [-0.2, -0.15) is 0 Å². The third kappa shape index (κ3) is 3.80. The third-order valence-corrected chi connectivity index (χ3v) is 4.65. The van der Waals surface area contributed by atoms with E-state index in [0.717, 1.165) is 30.6 Å². The standard InChI is InChI=1S/C18H24N2O4/c1-2-23-17(21)12-7-8-13(11-12)19-18(22)20-15-9-10-24-16-6-4-3-5-14(15)16/h3-6,12-13,15H,2,7-11H2,1H3,(H2,19,20,22)/t12-,13+,15?/m1/s1. The van der Waals surface area contributed by atoms with Crippen LogP contribution in [0.5, 0.6) is 5.75 Å². The fraction of sp³-hybridized carbons (Fsp3) is 0.556. The minimum Gasteiger partial charge on any atom is -0.493 e. The summed E-state index contributed by atoms with van der Waals surface area (Å²) in [7, 11) is 0. The van der Waals surface area contributed by atoms with E-state index in [4.69, 9.17) is 9.47 Å². The molecule has 0 bridgehead atoms. The van der Waals surface area contributed by atoms with Crippen LogP contribution in [0.25, 0.3) is 0 Å². The summed E-state index contributed by atoms with van der Waals surface area (Å²) in [6.07, 6.45) is 2.97. The number of nitrogens with one attached hydrogen (secondary N) is 2. The van der Waals surface area contributed by atoms with E-state index in [2.05, 4.69) is 10.6 Å². The van der Waals surface area contributed by atoms with Gasteiger partial charge in [0.2, 0.25) is 0 Å². The number of hydrogen-bond donors (Lipinski definition) is 2. The van der Waals surface area contributed by atoms with E-state index < -0.39 is 0 Å². The van der Waals surface area contributed by atoms with Crippen LogP contribution in [-0.4, -0.2) is 31.3 Å². The summed E-state index contributed by atoms with van der Waals surface area (Å²) in [6.45, 7) is 2.80. The van der Waals surface area contributed by atoms with Crippen molar-refractivity contribution in [2.45, 2.75) is 44.7 Å². The average Bonchev–Trinajstić information content (AvgIpc) is 3.04. The van der Waals surface area contributed by atoms with Crippen molar-refractivity contribution in [3.63, 3.8) is 0 Å². The van der Waals surface area contributed by atoms with Gasteiger partial charge in [-0.15, -0.1) is 0 Å². The molecule has 2 aliphatic rings. The molecule has 24 heavy (non-hydrogen) atoms. The number of carbonyl (C=O) groups excluding carboxylic acids is 2. The molecule has 1 aliphatic heterocycles. The van der Waals surface area contributed by atoms with Crippen molar-refractivity contribution in [3.05, 3.63) is 29.8 Å². The smallest absolute Gasteiger partial charge is 0.315 e. The Labute approximate surface area is 141 Å². The lowest BCUT2D eigenvalue weighted by molar-refractivity contribution is -0.147. The van der Waals surface area contributed by atoms with Crippen LogP contribution in [0.3, 0.4) is 0 Å². The Bertz CT molecular complexity index is 604. The van der Waals surface area contributed by atoms with E-state index in [1.54, 1.807) is 0 Å². The number of hydrogen-bond acceptors (Lipinski definition) is 4. The van der Waals surface area contributed by atoms with Crippen LogP contribution in [0.2, 0.25) is 0 Å². The molecule has 2 amide bonds. The molecule has 1 aromatic carbocycles. The summed E-state index contributed by atoms with van der Waals surface area (Å²) in [5.41, 5.74) is 1.01. The molecule has 3 atom stereocenters. The molecule has 0 aromatic heterocycles. The summed E-state index contributed by atoms with van der Waals surface area (Å²) in [6, 6.07) is 7.56. The molecule has 0 radical (unpaired) electrons. The molecule has 1 aromatic rings. The van der Waals surface area contributed by atoms with Crippen LogP contribution < -0.4 is 15.4 Å². The van der Waals surface area contributed by atoms with Gasteiger partial charge in [-0.1, -0.05) is 18.2 Å². The molecule has 1 saturated carbocycles. The lowest BCUT2D eigenvalue weighted by atomic mass is 10.0. The van der Waals surface area contributed by atoms with E-state index in [1.807, 2.05) is 31.2 Å². The predicted octanol–water partition coefficient (Wildman–Crippen LogP) is 2.54. The Morgan fingerprint density at radius 3 is 2.88 bits per heavy atom. The summed E-state index contributed by atoms with van der Waals surface area (Å²) >= 11 is 0. The maximum atomic E-state index is 12.3. The van der Waals surface area contributed by atoms with Crippen LogP contribution in [0, 0.1) is 5.92 Å². The first kappa shape index (κ1) is 16.6.